The van der Waals surface area contributed by atoms with Crippen LogP contribution >= 0.6 is 0 Å². The third-order valence-corrected chi connectivity index (χ3v) is 4.41. The summed E-state index contributed by atoms with van der Waals surface area (Å²) in [6.45, 7) is 14.3. The van der Waals surface area contributed by atoms with Gasteiger partial charge < -0.3 is 53.4 Å². The minimum atomic E-state index is 0.508. The quantitative estimate of drug-likeness (QED) is 0.0769. The van der Waals surface area contributed by atoms with Gasteiger partial charge in [-0.3, -0.25) is 0 Å². The summed E-state index contributed by atoms with van der Waals surface area (Å²) in [4.78, 5) is 0. The Kier molecular flexibility index (Phi) is 29.3. The average molecular weight is 526 g/mol. The van der Waals surface area contributed by atoms with Crippen LogP contribution in [-0.2, 0) is 42.6 Å². The van der Waals surface area contributed by atoms with E-state index in [0.717, 1.165) is 12.1 Å². The van der Waals surface area contributed by atoms with E-state index in [2.05, 4.69) is 0 Å². The average Bonchev–Trinajstić information content (AvgIpc) is 2.88. The molecule has 0 atom stereocenters. The Balaban J connectivity index is 3.10. The molecule has 0 amide bonds. The molecule has 0 unspecified atom stereocenters. The van der Waals surface area contributed by atoms with Gasteiger partial charge in [0.1, 0.15) is 0 Å². The highest BCUT2D eigenvalue weighted by Crippen LogP contribution is 1.92. The van der Waals surface area contributed by atoms with Gasteiger partial charge in [-0.25, -0.2) is 5.84 Å². The highest BCUT2D eigenvalue weighted by molar-refractivity contribution is 4.93. The third kappa shape index (κ3) is 29.2. The minimum absolute atomic E-state index is 0.508. The molecule has 12 heteroatoms. The zero-order valence-electron chi connectivity index (χ0n) is 22.5. The summed E-state index contributed by atoms with van der Waals surface area (Å²) >= 11 is 0. The van der Waals surface area contributed by atoms with Crippen molar-refractivity contribution in [1.29, 1.82) is 0 Å². The van der Waals surface area contributed by atoms with E-state index in [9.17, 15) is 0 Å². The second kappa shape index (κ2) is 30.2. The molecule has 0 radical (unpaired) electrons. The Labute approximate surface area is 217 Å². The molecule has 0 saturated carbocycles. The van der Waals surface area contributed by atoms with Crippen LogP contribution in [0.2, 0.25) is 0 Å². The molecule has 0 fully saturated rings. The number of hydrogen-bond acceptors (Lipinski definition) is 12. The van der Waals surface area contributed by atoms with Gasteiger partial charge in [-0.05, 0) is 13.3 Å². The Bertz CT molecular complexity index is 463. The second-order valence-electron chi connectivity index (χ2n) is 7.39. The molecular weight excluding hydrogens is 474 g/mol. The number of rotatable bonds is 30. The summed E-state index contributed by atoms with van der Waals surface area (Å²) in [5.41, 5.74) is 6.45. The van der Waals surface area contributed by atoms with Crippen molar-refractivity contribution >= 4 is 0 Å². The van der Waals surface area contributed by atoms with Crippen molar-refractivity contribution in [1.82, 2.24) is 5.01 Å². The van der Waals surface area contributed by atoms with E-state index in [1.54, 1.807) is 6.20 Å². The number of ether oxygens (including phenoxy) is 9. The van der Waals surface area contributed by atoms with E-state index in [-0.39, 0.29) is 0 Å². The normalized spacial score (nSPS) is 11.9. The molecule has 0 aromatic heterocycles. The smallest absolute Gasteiger partial charge is 0.0701 e. The molecule has 4 N–H and O–H groups in total. The number of nitrogens with two attached hydrogens (primary N) is 2. The van der Waals surface area contributed by atoms with Gasteiger partial charge in [0.2, 0.25) is 0 Å². The maximum Gasteiger partial charge on any atom is 0.0701 e. The number of hydrazine groups is 1. The molecule has 0 bridgehead atoms. The zero-order chi connectivity index (χ0) is 26.4. The van der Waals surface area contributed by atoms with Gasteiger partial charge in [-0.2, -0.15) is 0 Å². The van der Waals surface area contributed by atoms with Gasteiger partial charge in [0.25, 0.3) is 0 Å². The lowest BCUT2D eigenvalue weighted by Crippen LogP contribution is -2.30. The van der Waals surface area contributed by atoms with Crippen LogP contribution < -0.4 is 11.6 Å². The molecule has 0 aliphatic heterocycles. The maximum atomic E-state index is 5.77. The SMILES string of the molecule is CCOCCOCCOCCOCCOCCOCCOCCOCCOCCN(N)/C=C(\N)CC. The van der Waals surface area contributed by atoms with Gasteiger partial charge in [-0.1, -0.05) is 6.92 Å². The highest BCUT2D eigenvalue weighted by atomic mass is 16.6. The van der Waals surface area contributed by atoms with Gasteiger partial charge in [-0.15, -0.1) is 0 Å². The molecule has 0 spiro atoms. The molecule has 36 heavy (non-hydrogen) atoms. The molecular formula is C24H51N3O9. The molecule has 0 aliphatic carbocycles. The Morgan fingerprint density at radius 2 is 0.778 bits per heavy atom. The summed E-state index contributed by atoms with van der Waals surface area (Å²) in [5, 5.41) is 1.53. The lowest BCUT2D eigenvalue weighted by molar-refractivity contribution is -0.0249. The van der Waals surface area contributed by atoms with Crippen LogP contribution in [0.15, 0.2) is 11.9 Å². The molecule has 0 saturated heterocycles. The molecule has 0 aromatic rings. The fourth-order valence-electron chi connectivity index (χ4n) is 2.44. The minimum Gasteiger partial charge on any atom is -0.401 e. The Morgan fingerprint density at radius 1 is 0.500 bits per heavy atom. The van der Waals surface area contributed by atoms with E-state index >= 15 is 0 Å². The highest BCUT2D eigenvalue weighted by Gasteiger charge is 1.97. The van der Waals surface area contributed by atoms with Crippen LogP contribution in [0.4, 0.5) is 0 Å². The first-order valence-corrected chi connectivity index (χ1v) is 12.9. The van der Waals surface area contributed by atoms with Crippen molar-refractivity contribution in [3.05, 3.63) is 11.9 Å². The van der Waals surface area contributed by atoms with Crippen LogP contribution in [0.3, 0.4) is 0 Å². The van der Waals surface area contributed by atoms with Gasteiger partial charge in [0.05, 0.1) is 119 Å². The first kappa shape index (κ1) is 34.9. The summed E-state index contributed by atoms with van der Waals surface area (Å²) in [7, 11) is 0. The molecule has 216 valence electrons. The van der Waals surface area contributed by atoms with E-state index in [0.29, 0.717) is 125 Å². The molecule has 0 aliphatic rings. The first-order chi connectivity index (χ1) is 17.7. The van der Waals surface area contributed by atoms with E-state index in [4.69, 9.17) is 54.2 Å². The number of nitrogens with zero attached hydrogens (tertiary/aromatic N) is 1. The zero-order valence-corrected chi connectivity index (χ0v) is 22.5. The standard InChI is InChI=1S/C24H51N3O9/c1-3-24(25)23-27(26)5-6-29-9-10-31-13-14-33-17-18-35-21-22-36-20-19-34-16-15-32-12-11-30-8-7-28-4-2/h23H,3-22,25-26H2,1-2H3/b24-23-. The third-order valence-electron chi connectivity index (χ3n) is 4.41. The topological polar surface area (TPSA) is 138 Å². The second-order valence-corrected chi connectivity index (χ2v) is 7.39. The number of allylic oxidation sites excluding steroid dienone is 1. The van der Waals surface area contributed by atoms with Crippen molar-refractivity contribution in [2.75, 3.05) is 125 Å². The van der Waals surface area contributed by atoms with E-state index < -0.39 is 0 Å². The lowest BCUT2D eigenvalue weighted by atomic mass is 10.4. The summed E-state index contributed by atoms with van der Waals surface area (Å²) in [5.74, 6) is 5.77. The Morgan fingerprint density at radius 3 is 1.06 bits per heavy atom. The van der Waals surface area contributed by atoms with Gasteiger partial charge in [0, 0.05) is 18.5 Å². The largest absolute Gasteiger partial charge is 0.401 e. The first-order valence-electron chi connectivity index (χ1n) is 12.9. The van der Waals surface area contributed by atoms with Crippen molar-refractivity contribution in [2.45, 2.75) is 20.3 Å². The predicted octanol–water partition coefficient (Wildman–Crippen LogP) is 0.542. The van der Waals surface area contributed by atoms with Gasteiger partial charge in [0.15, 0.2) is 0 Å². The Hall–Kier alpha value is -1.06. The monoisotopic (exact) mass is 525 g/mol. The molecule has 0 rings (SSSR count). The van der Waals surface area contributed by atoms with Crippen molar-refractivity contribution in [2.24, 2.45) is 11.6 Å². The van der Waals surface area contributed by atoms with Gasteiger partial charge >= 0.3 is 0 Å². The summed E-state index contributed by atoms with van der Waals surface area (Å²) in [6.07, 6.45) is 2.49. The van der Waals surface area contributed by atoms with E-state index in [1.165, 1.54) is 5.01 Å². The number of hydrogen-bond donors (Lipinski definition) is 2. The van der Waals surface area contributed by atoms with E-state index in [1.807, 2.05) is 13.8 Å². The lowest BCUT2D eigenvalue weighted by Gasteiger charge is -2.14. The van der Waals surface area contributed by atoms with Crippen molar-refractivity contribution in [3.63, 3.8) is 0 Å². The maximum absolute atomic E-state index is 5.77. The van der Waals surface area contributed by atoms with Crippen molar-refractivity contribution < 1.29 is 42.6 Å². The molecule has 0 heterocycles. The molecule has 0 aromatic carbocycles. The van der Waals surface area contributed by atoms with Crippen molar-refractivity contribution in [3.8, 4) is 0 Å². The van der Waals surface area contributed by atoms with Crippen LogP contribution in [0, 0.1) is 0 Å². The fourth-order valence-corrected chi connectivity index (χ4v) is 2.44. The van der Waals surface area contributed by atoms with Crippen LogP contribution in [0.5, 0.6) is 0 Å². The predicted molar refractivity (Wildman–Crippen MR) is 136 cm³/mol. The van der Waals surface area contributed by atoms with Crippen LogP contribution in [0.1, 0.15) is 20.3 Å². The molecule has 12 nitrogen and oxygen atoms in total. The fraction of sp³-hybridized carbons (Fsp3) is 0.917. The van der Waals surface area contributed by atoms with Crippen LogP contribution in [-0.4, -0.2) is 130 Å². The summed E-state index contributed by atoms with van der Waals surface area (Å²) < 4.78 is 48.6. The summed E-state index contributed by atoms with van der Waals surface area (Å²) in [6, 6.07) is 0. The van der Waals surface area contributed by atoms with Crippen LogP contribution in [0.25, 0.3) is 0 Å².